The summed E-state index contributed by atoms with van der Waals surface area (Å²) >= 11 is 0. The van der Waals surface area contributed by atoms with Crippen LogP contribution in [0.3, 0.4) is 0 Å². The van der Waals surface area contributed by atoms with Crippen molar-refractivity contribution in [2.24, 2.45) is 0 Å². The molecule has 1 fully saturated rings. The Hall–Kier alpha value is -3.40. The molecule has 1 aliphatic rings. The van der Waals surface area contributed by atoms with E-state index in [0.29, 0.717) is 35.5 Å². The third kappa shape index (κ3) is 4.53. The minimum absolute atomic E-state index is 0.0709. The lowest BCUT2D eigenvalue weighted by Crippen LogP contribution is -2.47. The third-order valence-electron chi connectivity index (χ3n) is 5.26. The predicted molar refractivity (Wildman–Crippen MR) is 120 cm³/mol. The van der Waals surface area contributed by atoms with Gasteiger partial charge in [-0.2, -0.15) is 0 Å². The van der Waals surface area contributed by atoms with Gasteiger partial charge in [0, 0.05) is 43.4 Å². The summed E-state index contributed by atoms with van der Waals surface area (Å²) in [6.45, 7) is 4.40. The van der Waals surface area contributed by atoms with Crippen LogP contribution in [0.2, 0.25) is 0 Å². The number of aromatic nitrogens is 2. The molecule has 4 rings (SSSR count). The number of hydrogen-bond donors (Lipinski definition) is 2. The zero-order chi connectivity index (χ0) is 22.0. The van der Waals surface area contributed by atoms with Gasteiger partial charge in [0.2, 0.25) is 10.0 Å². The number of nitrogens with one attached hydrogen (secondary N) is 1. The summed E-state index contributed by atoms with van der Waals surface area (Å²) in [5.74, 6) is 0.351. The molecule has 0 spiro atoms. The van der Waals surface area contributed by atoms with Crippen LogP contribution >= 0.6 is 0 Å². The first-order valence-corrected chi connectivity index (χ1v) is 11.6. The monoisotopic (exact) mass is 441 g/mol. The van der Waals surface area contributed by atoms with Gasteiger partial charge in [-0.05, 0) is 43.3 Å². The van der Waals surface area contributed by atoms with Crippen molar-refractivity contribution >= 4 is 44.2 Å². The molecule has 0 aliphatic carbocycles. The molecule has 1 aliphatic heterocycles. The van der Waals surface area contributed by atoms with Crippen LogP contribution < -0.4 is 14.5 Å². The van der Waals surface area contributed by atoms with E-state index in [0.717, 1.165) is 18.9 Å². The lowest BCUT2D eigenvalue weighted by molar-refractivity contribution is 0.0699. The van der Waals surface area contributed by atoms with Gasteiger partial charge in [-0.3, -0.25) is 4.72 Å². The molecule has 0 saturated carbocycles. The number of rotatable bonds is 6. The fourth-order valence-electron chi connectivity index (χ4n) is 3.57. The molecule has 162 valence electrons. The van der Waals surface area contributed by atoms with E-state index in [-0.39, 0.29) is 11.3 Å². The van der Waals surface area contributed by atoms with Crippen molar-refractivity contribution in [2.75, 3.05) is 46.5 Å². The van der Waals surface area contributed by atoms with Gasteiger partial charge in [0.15, 0.2) is 0 Å². The molecule has 0 unspecified atom stereocenters. The van der Waals surface area contributed by atoms with Gasteiger partial charge in [-0.15, -0.1) is 0 Å². The quantitative estimate of drug-likeness (QED) is 0.599. The van der Waals surface area contributed by atoms with Crippen LogP contribution in [0.5, 0.6) is 0 Å². The van der Waals surface area contributed by atoms with E-state index < -0.39 is 16.0 Å². The minimum Gasteiger partial charge on any atom is -0.478 e. The highest BCUT2D eigenvalue weighted by Crippen LogP contribution is 2.27. The second-order valence-corrected chi connectivity index (χ2v) is 9.24. The van der Waals surface area contributed by atoms with Crippen molar-refractivity contribution in [3.8, 4) is 0 Å². The molecule has 31 heavy (non-hydrogen) atoms. The maximum absolute atomic E-state index is 11.9. The average Bonchev–Trinajstić information content (AvgIpc) is 2.78. The van der Waals surface area contributed by atoms with Gasteiger partial charge in [0.1, 0.15) is 11.6 Å². The van der Waals surface area contributed by atoms with Crippen LogP contribution in [-0.4, -0.2) is 61.4 Å². The molecule has 1 saturated heterocycles. The first kappa shape index (κ1) is 20.9. The molecular formula is C21H23N5O4S. The first-order valence-electron chi connectivity index (χ1n) is 9.96. The van der Waals surface area contributed by atoms with Crippen molar-refractivity contribution in [2.45, 2.75) is 6.92 Å². The van der Waals surface area contributed by atoms with Gasteiger partial charge in [-0.25, -0.2) is 23.2 Å². The van der Waals surface area contributed by atoms with Crippen LogP contribution in [0, 0.1) is 0 Å². The first-order chi connectivity index (χ1) is 14.9. The van der Waals surface area contributed by atoms with Gasteiger partial charge >= 0.3 is 5.97 Å². The van der Waals surface area contributed by atoms with Gasteiger partial charge in [0.25, 0.3) is 0 Å². The van der Waals surface area contributed by atoms with Gasteiger partial charge in [-0.1, -0.05) is 6.07 Å². The molecular weight excluding hydrogens is 418 g/mol. The number of anilines is 3. The predicted octanol–water partition coefficient (Wildman–Crippen LogP) is 2.42. The summed E-state index contributed by atoms with van der Waals surface area (Å²) in [5.41, 5.74) is 0.904. The van der Waals surface area contributed by atoms with Crippen molar-refractivity contribution in [3.05, 3.63) is 54.2 Å². The topological polar surface area (TPSA) is 116 Å². The fourth-order valence-corrected chi connectivity index (χ4v) is 4.20. The molecule has 0 bridgehead atoms. The number of carboxylic acids is 1. The number of carboxylic acid groups (broad SMARTS) is 1. The summed E-state index contributed by atoms with van der Waals surface area (Å²) in [6, 6.07) is 12.1. The van der Waals surface area contributed by atoms with Gasteiger partial charge in [0.05, 0.1) is 16.8 Å². The standard InChI is InChI=1S/C21H23N5O4S/c1-2-31(29,30)24-15-6-7-18-16(13-15)17(21(27)28)14-20(23-18)26-11-9-25(10-12-26)19-5-3-4-8-22-19/h3-8,13-14,24H,2,9-12H2,1H3,(H,27,28). The Bertz CT molecular complexity index is 1210. The van der Waals surface area contributed by atoms with E-state index in [1.54, 1.807) is 24.4 Å². The Balaban J connectivity index is 1.61. The summed E-state index contributed by atoms with van der Waals surface area (Å²) in [6.07, 6.45) is 1.76. The Morgan fingerprint density at radius 3 is 2.39 bits per heavy atom. The van der Waals surface area contributed by atoms with Gasteiger partial charge < -0.3 is 14.9 Å². The SMILES string of the molecule is CCS(=O)(=O)Nc1ccc2nc(N3CCN(c4ccccn4)CC3)cc(C(=O)O)c2c1. The molecule has 0 amide bonds. The number of pyridine rings is 2. The smallest absolute Gasteiger partial charge is 0.336 e. The highest BCUT2D eigenvalue weighted by atomic mass is 32.2. The number of hydrogen-bond acceptors (Lipinski definition) is 7. The Morgan fingerprint density at radius 2 is 1.77 bits per heavy atom. The van der Waals surface area contributed by atoms with E-state index in [4.69, 9.17) is 0 Å². The van der Waals surface area contributed by atoms with Crippen molar-refractivity contribution < 1.29 is 18.3 Å². The third-order valence-corrected chi connectivity index (χ3v) is 6.56. The number of fused-ring (bicyclic) bond motifs is 1. The maximum atomic E-state index is 11.9. The summed E-state index contributed by atoms with van der Waals surface area (Å²) in [4.78, 5) is 25.2. The molecule has 1 aromatic carbocycles. The van der Waals surface area contributed by atoms with Crippen LogP contribution in [-0.2, 0) is 10.0 Å². The number of sulfonamides is 1. The summed E-state index contributed by atoms with van der Waals surface area (Å²) in [7, 11) is -3.46. The largest absolute Gasteiger partial charge is 0.478 e. The lowest BCUT2D eigenvalue weighted by atomic mass is 10.1. The van der Waals surface area contributed by atoms with Crippen LogP contribution in [0.25, 0.3) is 10.9 Å². The maximum Gasteiger partial charge on any atom is 0.336 e. The molecule has 2 aromatic heterocycles. The molecule has 0 atom stereocenters. The normalized spacial score (nSPS) is 14.6. The van der Waals surface area contributed by atoms with Crippen LogP contribution in [0.15, 0.2) is 48.7 Å². The fraction of sp³-hybridized carbons (Fsp3) is 0.286. The molecule has 9 nitrogen and oxygen atoms in total. The average molecular weight is 442 g/mol. The van der Waals surface area contributed by atoms with Crippen LogP contribution in [0.1, 0.15) is 17.3 Å². The second-order valence-electron chi connectivity index (χ2n) is 7.23. The highest BCUT2D eigenvalue weighted by molar-refractivity contribution is 7.92. The number of aromatic carboxylic acids is 1. The van der Waals surface area contributed by atoms with E-state index in [9.17, 15) is 18.3 Å². The van der Waals surface area contributed by atoms with E-state index in [2.05, 4.69) is 24.5 Å². The second kappa shape index (κ2) is 8.38. The Kier molecular flexibility index (Phi) is 5.64. The number of piperazine rings is 1. The molecule has 10 heteroatoms. The number of nitrogens with zero attached hydrogens (tertiary/aromatic N) is 4. The lowest BCUT2D eigenvalue weighted by Gasteiger charge is -2.36. The number of benzene rings is 1. The zero-order valence-corrected chi connectivity index (χ0v) is 17.8. The van der Waals surface area contributed by atoms with E-state index in [1.165, 1.54) is 13.0 Å². The molecule has 3 heterocycles. The zero-order valence-electron chi connectivity index (χ0n) is 17.0. The van der Waals surface area contributed by atoms with Crippen LogP contribution in [0.4, 0.5) is 17.3 Å². The van der Waals surface area contributed by atoms with E-state index in [1.807, 2.05) is 18.2 Å². The number of carbonyl (C=O) groups is 1. The molecule has 0 radical (unpaired) electrons. The summed E-state index contributed by atoms with van der Waals surface area (Å²) < 4.78 is 26.2. The van der Waals surface area contributed by atoms with Crippen molar-refractivity contribution in [3.63, 3.8) is 0 Å². The van der Waals surface area contributed by atoms with E-state index >= 15 is 0 Å². The molecule has 3 aromatic rings. The molecule has 2 N–H and O–H groups in total. The summed E-state index contributed by atoms with van der Waals surface area (Å²) in [5, 5.41) is 10.2. The highest BCUT2D eigenvalue weighted by Gasteiger charge is 2.22. The Morgan fingerprint density at radius 1 is 1.06 bits per heavy atom. The minimum atomic E-state index is -3.46. The Labute approximate surface area is 180 Å². The van der Waals surface area contributed by atoms with Crippen molar-refractivity contribution in [1.29, 1.82) is 0 Å². The van der Waals surface area contributed by atoms with Crippen molar-refractivity contribution in [1.82, 2.24) is 9.97 Å².